The number of thiophene rings is 1. The lowest BCUT2D eigenvalue weighted by atomic mass is 10.2. The molecule has 0 bridgehead atoms. The van der Waals surface area contributed by atoms with E-state index in [-0.39, 0.29) is 5.91 Å². The summed E-state index contributed by atoms with van der Waals surface area (Å²) in [6, 6.07) is 4.47. The molecule has 0 aliphatic rings. The van der Waals surface area contributed by atoms with Crippen LogP contribution in [0.3, 0.4) is 0 Å². The molecule has 4 heteroatoms. The first kappa shape index (κ1) is 11.2. The molecule has 0 saturated heterocycles. The van der Waals surface area contributed by atoms with Gasteiger partial charge in [-0.3, -0.25) is 4.79 Å². The molecule has 1 rings (SSSR count). The first-order chi connectivity index (χ1) is 6.74. The largest absolute Gasteiger partial charge is 0.359 e. The van der Waals surface area contributed by atoms with Crippen LogP contribution >= 0.6 is 11.3 Å². The number of nitrogens with one attached hydrogen (secondary N) is 2. The van der Waals surface area contributed by atoms with Gasteiger partial charge in [-0.25, -0.2) is 0 Å². The van der Waals surface area contributed by atoms with Crippen LogP contribution in [0.2, 0.25) is 0 Å². The molecule has 0 aliphatic carbocycles. The van der Waals surface area contributed by atoms with Crippen molar-refractivity contribution in [2.75, 3.05) is 13.6 Å². The summed E-state index contributed by atoms with van der Waals surface area (Å²) in [5.41, 5.74) is 0. The minimum atomic E-state index is 0.0795. The van der Waals surface area contributed by atoms with Gasteiger partial charge in [-0.2, -0.15) is 0 Å². The van der Waals surface area contributed by atoms with Crippen molar-refractivity contribution in [3.05, 3.63) is 22.4 Å². The molecule has 0 unspecified atom stereocenters. The molecule has 0 saturated carbocycles. The van der Waals surface area contributed by atoms with Crippen molar-refractivity contribution in [1.29, 1.82) is 0 Å². The average molecular weight is 212 g/mol. The van der Waals surface area contributed by atoms with Gasteiger partial charge in [0.25, 0.3) is 0 Å². The van der Waals surface area contributed by atoms with Gasteiger partial charge in [0.2, 0.25) is 5.91 Å². The number of amides is 1. The van der Waals surface area contributed by atoms with Crippen molar-refractivity contribution < 1.29 is 4.79 Å². The van der Waals surface area contributed by atoms with Crippen molar-refractivity contribution >= 4 is 17.2 Å². The van der Waals surface area contributed by atoms with E-state index in [4.69, 9.17) is 0 Å². The maximum Gasteiger partial charge on any atom is 0.221 e. The molecule has 0 aromatic carbocycles. The zero-order valence-corrected chi connectivity index (χ0v) is 9.36. The lowest BCUT2D eigenvalue weighted by Crippen LogP contribution is -2.26. The van der Waals surface area contributed by atoms with Crippen LogP contribution in [0.25, 0.3) is 0 Å². The van der Waals surface area contributed by atoms with Crippen molar-refractivity contribution in [2.45, 2.75) is 19.4 Å². The minimum absolute atomic E-state index is 0.0795. The molecule has 1 aromatic heterocycles. The lowest BCUT2D eigenvalue weighted by Gasteiger charge is -2.11. The normalized spacial score (nSPS) is 12.4. The highest BCUT2D eigenvalue weighted by molar-refractivity contribution is 7.10. The van der Waals surface area contributed by atoms with E-state index < -0.39 is 0 Å². The molecular formula is C10H16N2OS. The molecule has 0 aliphatic heterocycles. The summed E-state index contributed by atoms with van der Waals surface area (Å²) in [6.07, 6.45) is 0.534. The smallest absolute Gasteiger partial charge is 0.221 e. The second kappa shape index (κ2) is 5.78. The predicted octanol–water partition coefficient (Wildman–Crippen LogP) is 1.53. The summed E-state index contributed by atoms with van der Waals surface area (Å²) in [5, 5.41) is 7.96. The fourth-order valence-corrected chi connectivity index (χ4v) is 1.92. The van der Waals surface area contributed by atoms with E-state index in [1.54, 1.807) is 18.4 Å². The lowest BCUT2D eigenvalue weighted by molar-refractivity contribution is -0.120. The summed E-state index contributed by atoms with van der Waals surface area (Å²) < 4.78 is 0. The Hall–Kier alpha value is -0.870. The third kappa shape index (κ3) is 3.47. The first-order valence-electron chi connectivity index (χ1n) is 4.71. The second-order valence-electron chi connectivity index (χ2n) is 3.11. The summed E-state index contributed by atoms with van der Waals surface area (Å²) in [5.74, 6) is 0.0795. The maximum atomic E-state index is 10.9. The Morgan fingerprint density at radius 3 is 3.00 bits per heavy atom. The Bertz CT molecular complexity index is 272. The highest BCUT2D eigenvalue weighted by atomic mass is 32.1. The van der Waals surface area contributed by atoms with Crippen LogP contribution in [0.15, 0.2) is 17.5 Å². The summed E-state index contributed by atoms with van der Waals surface area (Å²) in [4.78, 5) is 12.2. The van der Waals surface area contributed by atoms with Crippen LogP contribution < -0.4 is 10.6 Å². The Labute approximate surface area is 88.5 Å². The van der Waals surface area contributed by atoms with Gasteiger partial charge in [-0.05, 0) is 18.4 Å². The average Bonchev–Trinajstić information content (AvgIpc) is 2.70. The quantitative estimate of drug-likeness (QED) is 0.777. The Morgan fingerprint density at radius 1 is 1.64 bits per heavy atom. The summed E-state index contributed by atoms with van der Waals surface area (Å²) in [6.45, 7) is 2.83. The second-order valence-corrected chi connectivity index (χ2v) is 4.09. The van der Waals surface area contributed by atoms with Gasteiger partial charge >= 0.3 is 0 Å². The van der Waals surface area contributed by atoms with Crippen LogP contribution in [-0.2, 0) is 4.79 Å². The molecule has 0 radical (unpaired) electrons. The van der Waals surface area contributed by atoms with Crippen molar-refractivity contribution in [3.63, 3.8) is 0 Å². The van der Waals surface area contributed by atoms with Crippen molar-refractivity contribution in [3.8, 4) is 0 Å². The first-order valence-corrected chi connectivity index (χ1v) is 5.59. The van der Waals surface area contributed by atoms with E-state index in [0.717, 1.165) is 6.54 Å². The van der Waals surface area contributed by atoms with Gasteiger partial charge in [0.05, 0.1) is 0 Å². The standard InChI is InChI=1S/C10H16N2OS/c1-8(9-4-3-7-14-9)12-6-5-10(13)11-2/h3-4,7-8,12H,5-6H2,1-2H3,(H,11,13)/t8-/m0/s1. The molecule has 1 amide bonds. The van der Waals surface area contributed by atoms with E-state index in [9.17, 15) is 4.79 Å². The monoisotopic (exact) mass is 212 g/mol. The number of carbonyl (C=O) groups excluding carboxylic acids is 1. The van der Waals surface area contributed by atoms with Gasteiger partial charge in [0.15, 0.2) is 0 Å². The third-order valence-corrected chi connectivity index (χ3v) is 3.11. The number of hydrogen-bond donors (Lipinski definition) is 2. The molecule has 1 aromatic rings. The molecule has 2 N–H and O–H groups in total. The molecular weight excluding hydrogens is 196 g/mol. The van der Waals surface area contributed by atoms with Gasteiger partial charge < -0.3 is 10.6 Å². The molecule has 78 valence electrons. The highest BCUT2D eigenvalue weighted by Crippen LogP contribution is 2.17. The zero-order valence-electron chi connectivity index (χ0n) is 8.54. The summed E-state index contributed by atoms with van der Waals surface area (Å²) in [7, 11) is 1.66. The SMILES string of the molecule is CNC(=O)CCN[C@@H](C)c1cccs1. The number of rotatable bonds is 5. The fraction of sp³-hybridized carbons (Fsp3) is 0.500. The molecule has 0 spiro atoms. The van der Waals surface area contributed by atoms with Crippen LogP contribution in [0.5, 0.6) is 0 Å². The predicted molar refractivity (Wildman–Crippen MR) is 59.4 cm³/mol. The topological polar surface area (TPSA) is 41.1 Å². The Morgan fingerprint density at radius 2 is 2.43 bits per heavy atom. The number of carbonyl (C=O) groups is 1. The van der Waals surface area contributed by atoms with Crippen LogP contribution in [0.4, 0.5) is 0 Å². The van der Waals surface area contributed by atoms with Gasteiger partial charge in [-0.1, -0.05) is 6.07 Å². The van der Waals surface area contributed by atoms with E-state index in [1.165, 1.54) is 4.88 Å². The zero-order chi connectivity index (χ0) is 10.4. The van der Waals surface area contributed by atoms with Crippen LogP contribution in [0.1, 0.15) is 24.3 Å². The minimum Gasteiger partial charge on any atom is -0.359 e. The number of hydrogen-bond acceptors (Lipinski definition) is 3. The van der Waals surface area contributed by atoms with Crippen LogP contribution in [-0.4, -0.2) is 19.5 Å². The summed E-state index contributed by atoms with van der Waals surface area (Å²) >= 11 is 1.73. The van der Waals surface area contributed by atoms with Gasteiger partial charge in [-0.15, -0.1) is 11.3 Å². The van der Waals surface area contributed by atoms with Gasteiger partial charge in [0, 0.05) is 30.9 Å². The Kier molecular flexibility index (Phi) is 4.62. The van der Waals surface area contributed by atoms with Gasteiger partial charge in [0.1, 0.15) is 0 Å². The molecule has 1 atom stereocenters. The fourth-order valence-electron chi connectivity index (χ4n) is 1.17. The van der Waals surface area contributed by atoms with Crippen LogP contribution in [0, 0.1) is 0 Å². The Balaban J connectivity index is 2.22. The van der Waals surface area contributed by atoms with Crippen molar-refractivity contribution in [1.82, 2.24) is 10.6 Å². The molecule has 3 nitrogen and oxygen atoms in total. The third-order valence-electron chi connectivity index (χ3n) is 2.05. The maximum absolute atomic E-state index is 10.9. The van der Waals surface area contributed by atoms with E-state index >= 15 is 0 Å². The molecule has 14 heavy (non-hydrogen) atoms. The molecule has 1 heterocycles. The molecule has 0 fully saturated rings. The van der Waals surface area contributed by atoms with E-state index in [0.29, 0.717) is 12.5 Å². The van der Waals surface area contributed by atoms with E-state index in [1.807, 2.05) is 6.07 Å². The highest BCUT2D eigenvalue weighted by Gasteiger charge is 2.05. The van der Waals surface area contributed by atoms with E-state index in [2.05, 4.69) is 29.0 Å². The van der Waals surface area contributed by atoms with Crippen molar-refractivity contribution in [2.24, 2.45) is 0 Å².